The second-order valence-corrected chi connectivity index (χ2v) is 5.67. The average Bonchev–Trinajstić information content (AvgIpc) is 2.61. The van der Waals surface area contributed by atoms with E-state index in [1.165, 1.54) is 49.8 Å². The first-order valence-electron chi connectivity index (χ1n) is 7.85. The topological polar surface area (TPSA) is 29.3 Å². The molecule has 106 valence electrons. The lowest BCUT2D eigenvalue weighted by molar-refractivity contribution is 0.168. The summed E-state index contributed by atoms with van der Waals surface area (Å²) in [6.07, 6.45) is 6.21. The molecule has 2 nitrogen and oxygen atoms in total. The molecule has 0 spiro atoms. The molecule has 0 aromatic heterocycles. The number of benzene rings is 1. The van der Waals surface area contributed by atoms with Crippen LogP contribution in [0.2, 0.25) is 0 Å². The summed E-state index contributed by atoms with van der Waals surface area (Å²) in [7, 11) is 0. The van der Waals surface area contributed by atoms with Crippen molar-refractivity contribution in [3.63, 3.8) is 0 Å². The molecule has 2 unspecified atom stereocenters. The second kappa shape index (κ2) is 7.06. The van der Waals surface area contributed by atoms with Crippen LogP contribution in [-0.2, 0) is 6.42 Å². The van der Waals surface area contributed by atoms with Crippen LogP contribution in [0.1, 0.15) is 56.7 Å². The predicted octanol–water partition coefficient (Wildman–Crippen LogP) is 3.51. The van der Waals surface area contributed by atoms with Gasteiger partial charge in [0.1, 0.15) is 0 Å². The first-order chi connectivity index (χ1) is 9.27. The minimum atomic E-state index is 0.176. The van der Waals surface area contributed by atoms with E-state index in [9.17, 15) is 0 Å². The van der Waals surface area contributed by atoms with E-state index in [1.807, 2.05) is 0 Å². The molecule has 1 aromatic rings. The molecule has 0 saturated heterocycles. The first kappa shape index (κ1) is 14.5. The molecule has 1 aromatic carbocycles. The lowest BCUT2D eigenvalue weighted by Gasteiger charge is -2.34. The highest BCUT2D eigenvalue weighted by atomic mass is 15.2. The maximum atomic E-state index is 6.60. The predicted molar refractivity (Wildman–Crippen MR) is 82.3 cm³/mol. The van der Waals surface area contributed by atoms with Crippen LogP contribution in [0.5, 0.6) is 0 Å². The smallest absolute Gasteiger partial charge is 0.0455 e. The highest BCUT2D eigenvalue weighted by Crippen LogP contribution is 2.30. The molecule has 1 aliphatic rings. The van der Waals surface area contributed by atoms with Crippen LogP contribution in [0, 0.1) is 0 Å². The van der Waals surface area contributed by atoms with Crippen molar-refractivity contribution >= 4 is 0 Å². The molecule has 0 fully saturated rings. The van der Waals surface area contributed by atoms with Gasteiger partial charge in [-0.25, -0.2) is 0 Å². The molecule has 0 amide bonds. The quantitative estimate of drug-likeness (QED) is 0.821. The monoisotopic (exact) mass is 260 g/mol. The number of nitrogens with zero attached hydrogens (tertiary/aromatic N) is 1. The van der Waals surface area contributed by atoms with E-state index in [0.29, 0.717) is 6.04 Å². The molecule has 0 saturated carbocycles. The maximum Gasteiger partial charge on any atom is 0.0455 e. The Labute approximate surface area is 118 Å². The van der Waals surface area contributed by atoms with Gasteiger partial charge < -0.3 is 5.73 Å². The van der Waals surface area contributed by atoms with Crippen LogP contribution in [0.15, 0.2) is 24.3 Å². The van der Waals surface area contributed by atoms with E-state index >= 15 is 0 Å². The van der Waals surface area contributed by atoms with Crippen LogP contribution in [-0.4, -0.2) is 24.0 Å². The average molecular weight is 260 g/mol. The molecule has 0 radical (unpaired) electrons. The fraction of sp³-hybridized carbons (Fsp3) is 0.647. The van der Waals surface area contributed by atoms with Gasteiger partial charge in [-0.15, -0.1) is 0 Å². The van der Waals surface area contributed by atoms with Crippen molar-refractivity contribution in [3.8, 4) is 0 Å². The summed E-state index contributed by atoms with van der Waals surface area (Å²) < 4.78 is 0. The van der Waals surface area contributed by atoms with Crippen molar-refractivity contribution in [2.75, 3.05) is 13.1 Å². The minimum absolute atomic E-state index is 0.176. The van der Waals surface area contributed by atoms with Gasteiger partial charge in [0.05, 0.1) is 0 Å². The van der Waals surface area contributed by atoms with Crippen molar-refractivity contribution in [3.05, 3.63) is 35.4 Å². The summed E-state index contributed by atoms with van der Waals surface area (Å²) in [5.41, 5.74) is 9.43. The highest BCUT2D eigenvalue weighted by Gasteiger charge is 2.28. The number of fused-ring (bicyclic) bond motifs is 1. The largest absolute Gasteiger partial charge is 0.323 e. The summed E-state index contributed by atoms with van der Waals surface area (Å²) in [6.45, 7) is 6.82. The lowest BCUT2D eigenvalue weighted by Crippen LogP contribution is -2.43. The minimum Gasteiger partial charge on any atom is -0.323 e. The van der Waals surface area contributed by atoms with Gasteiger partial charge >= 0.3 is 0 Å². The maximum absolute atomic E-state index is 6.60. The number of unbranched alkanes of at least 4 members (excludes halogenated alkanes) is 1. The molecule has 2 atom stereocenters. The zero-order valence-corrected chi connectivity index (χ0v) is 12.4. The number of hydrogen-bond acceptors (Lipinski definition) is 2. The lowest BCUT2D eigenvalue weighted by atomic mass is 9.96. The van der Waals surface area contributed by atoms with Gasteiger partial charge in [-0.05, 0) is 49.9 Å². The summed E-state index contributed by atoms with van der Waals surface area (Å²) in [5.74, 6) is 0. The van der Waals surface area contributed by atoms with Gasteiger partial charge in [0.25, 0.3) is 0 Å². The second-order valence-electron chi connectivity index (χ2n) is 5.67. The summed E-state index contributed by atoms with van der Waals surface area (Å²) >= 11 is 0. The number of aryl methyl sites for hydroxylation is 1. The number of hydrogen-bond donors (Lipinski definition) is 1. The van der Waals surface area contributed by atoms with Gasteiger partial charge in [-0.1, -0.05) is 44.5 Å². The van der Waals surface area contributed by atoms with Crippen molar-refractivity contribution in [1.82, 2.24) is 4.90 Å². The third-order valence-electron chi connectivity index (χ3n) is 4.45. The van der Waals surface area contributed by atoms with Crippen molar-refractivity contribution in [2.24, 2.45) is 5.73 Å². The Morgan fingerprint density at radius 3 is 2.79 bits per heavy atom. The van der Waals surface area contributed by atoms with Crippen LogP contribution in [0.3, 0.4) is 0 Å². The Morgan fingerprint density at radius 2 is 2.05 bits per heavy atom. The fourth-order valence-electron chi connectivity index (χ4n) is 3.30. The molecular weight excluding hydrogens is 232 g/mol. The van der Waals surface area contributed by atoms with Crippen LogP contribution >= 0.6 is 0 Å². The normalized spacial score (nSPS) is 23.2. The molecular formula is C17H28N2. The zero-order valence-electron chi connectivity index (χ0n) is 12.4. The summed E-state index contributed by atoms with van der Waals surface area (Å²) in [6, 6.07) is 9.44. The van der Waals surface area contributed by atoms with E-state index in [-0.39, 0.29) is 6.04 Å². The van der Waals surface area contributed by atoms with Gasteiger partial charge in [0, 0.05) is 12.1 Å². The van der Waals surface area contributed by atoms with Crippen molar-refractivity contribution in [2.45, 2.75) is 58.0 Å². The Hall–Kier alpha value is -0.860. The van der Waals surface area contributed by atoms with Crippen LogP contribution in [0.4, 0.5) is 0 Å². The Kier molecular flexibility index (Phi) is 5.41. The molecule has 0 aliphatic heterocycles. The standard InChI is InChI=1S/C17H28N2/c1-3-5-13-19(4-2)16-12-8-10-14-9-6-7-11-15(14)17(16)18/h6-7,9,11,16-17H,3-5,8,10,12-13,18H2,1-2H3. The van der Waals surface area contributed by atoms with Crippen LogP contribution in [0.25, 0.3) is 0 Å². The van der Waals surface area contributed by atoms with Crippen LogP contribution < -0.4 is 5.73 Å². The third-order valence-corrected chi connectivity index (χ3v) is 4.45. The summed E-state index contributed by atoms with van der Waals surface area (Å²) in [4.78, 5) is 2.59. The number of nitrogens with two attached hydrogens (primary N) is 1. The Morgan fingerprint density at radius 1 is 1.26 bits per heavy atom. The molecule has 0 bridgehead atoms. The molecule has 2 heteroatoms. The molecule has 1 aliphatic carbocycles. The van der Waals surface area contributed by atoms with E-state index in [4.69, 9.17) is 5.73 Å². The molecule has 0 heterocycles. The Bertz CT molecular complexity index is 389. The number of likely N-dealkylation sites (N-methyl/N-ethyl adjacent to an activating group) is 1. The fourth-order valence-corrected chi connectivity index (χ4v) is 3.30. The SMILES string of the molecule is CCCCN(CC)C1CCCc2ccccc2C1N. The first-order valence-corrected chi connectivity index (χ1v) is 7.85. The van der Waals surface area contributed by atoms with Gasteiger partial charge in [-0.2, -0.15) is 0 Å². The molecule has 2 N–H and O–H groups in total. The Balaban J connectivity index is 2.17. The van der Waals surface area contributed by atoms with Crippen molar-refractivity contribution in [1.29, 1.82) is 0 Å². The zero-order chi connectivity index (χ0) is 13.7. The number of rotatable bonds is 5. The third kappa shape index (κ3) is 3.37. The van der Waals surface area contributed by atoms with Crippen molar-refractivity contribution < 1.29 is 0 Å². The van der Waals surface area contributed by atoms with Gasteiger partial charge in [0.15, 0.2) is 0 Å². The van der Waals surface area contributed by atoms with Gasteiger partial charge in [-0.3, -0.25) is 4.90 Å². The molecule has 19 heavy (non-hydrogen) atoms. The van der Waals surface area contributed by atoms with E-state index in [2.05, 4.69) is 43.0 Å². The van der Waals surface area contributed by atoms with E-state index < -0.39 is 0 Å². The van der Waals surface area contributed by atoms with Gasteiger partial charge in [0.2, 0.25) is 0 Å². The van der Waals surface area contributed by atoms with E-state index in [0.717, 1.165) is 6.54 Å². The molecule has 2 rings (SSSR count). The highest BCUT2D eigenvalue weighted by molar-refractivity contribution is 5.32. The summed E-state index contributed by atoms with van der Waals surface area (Å²) in [5, 5.41) is 0. The van der Waals surface area contributed by atoms with E-state index in [1.54, 1.807) is 0 Å².